The minimum atomic E-state index is -0.294. The molecular formula is C52H39N3. The van der Waals surface area contributed by atoms with Crippen molar-refractivity contribution in [3.63, 3.8) is 0 Å². The van der Waals surface area contributed by atoms with Gasteiger partial charge in [0.25, 0.3) is 0 Å². The molecule has 0 unspecified atom stereocenters. The summed E-state index contributed by atoms with van der Waals surface area (Å²) in [5.74, 6) is 0.680. The van der Waals surface area contributed by atoms with Gasteiger partial charge in [0.05, 0.1) is 22.4 Å². The van der Waals surface area contributed by atoms with E-state index in [1.54, 1.807) is 0 Å². The van der Waals surface area contributed by atoms with E-state index in [4.69, 9.17) is 9.97 Å². The van der Waals surface area contributed by atoms with Gasteiger partial charge in [-0.15, -0.1) is 0 Å². The van der Waals surface area contributed by atoms with Crippen LogP contribution in [0.15, 0.2) is 158 Å². The zero-order valence-electron chi connectivity index (χ0n) is 31.4. The molecule has 3 nitrogen and oxygen atoms in total. The van der Waals surface area contributed by atoms with Crippen molar-refractivity contribution in [2.75, 3.05) is 0 Å². The van der Waals surface area contributed by atoms with E-state index in [-0.39, 0.29) is 10.8 Å². The third-order valence-corrected chi connectivity index (χ3v) is 12.4. The lowest BCUT2D eigenvalue weighted by atomic mass is 9.77. The molecule has 0 aliphatic heterocycles. The Bertz CT molecular complexity index is 3070. The Kier molecular flexibility index (Phi) is 6.65. The molecule has 7 aromatic carbocycles. The van der Waals surface area contributed by atoms with Gasteiger partial charge in [0.1, 0.15) is 0 Å². The quantitative estimate of drug-likeness (QED) is 0.182. The summed E-state index contributed by atoms with van der Waals surface area (Å²) >= 11 is 0. The first-order valence-electron chi connectivity index (χ1n) is 19.3. The second kappa shape index (κ2) is 11.5. The van der Waals surface area contributed by atoms with Crippen molar-refractivity contribution in [2.45, 2.75) is 38.5 Å². The molecule has 9 aromatic rings. The van der Waals surface area contributed by atoms with Crippen molar-refractivity contribution < 1.29 is 0 Å². The Morgan fingerprint density at radius 3 is 1.95 bits per heavy atom. The predicted molar refractivity (Wildman–Crippen MR) is 230 cm³/mol. The Hall–Kier alpha value is -6.58. The molecule has 0 saturated carbocycles. The standard InChI is InChI=1S/C52H39N3/c1-51(2)41-22-14-13-21-38(41)39-26-23-36(30-43(39)51)35-25-27-45-40(29-35)47-37-20-12-11-15-32(37)24-28-46(47)55(45)50-53-44-31-42(33-16-7-5-8-17-33)52(3,4)48(44)49(54-50)34-18-9-6-10-19-34/h5-31H,1-4H3. The zero-order valence-corrected chi connectivity index (χ0v) is 31.4. The fourth-order valence-corrected chi connectivity index (χ4v) is 9.67. The first-order valence-corrected chi connectivity index (χ1v) is 19.3. The van der Waals surface area contributed by atoms with Crippen LogP contribution in [0.2, 0.25) is 0 Å². The molecule has 3 heteroatoms. The van der Waals surface area contributed by atoms with Gasteiger partial charge >= 0.3 is 0 Å². The third kappa shape index (κ3) is 4.56. The molecule has 2 aliphatic rings. The molecular weight excluding hydrogens is 667 g/mol. The average Bonchev–Trinajstić information content (AvgIpc) is 3.79. The lowest BCUT2D eigenvalue weighted by Gasteiger charge is -2.27. The summed E-state index contributed by atoms with van der Waals surface area (Å²) in [6.45, 7) is 9.31. The van der Waals surface area contributed by atoms with Gasteiger partial charge in [-0.2, -0.15) is 0 Å². The van der Waals surface area contributed by atoms with E-state index in [2.05, 4.69) is 196 Å². The van der Waals surface area contributed by atoms with Crippen LogP contribution in [0.25, 0.3) is 83.7 Å². The van der Waals surface area contributed by atoms with Gasteiger partial charge in [0.2, 0.25) is 5.95 Å². The number of aromatic nitrogens is 3. The number of allylic oxidation sites excluding steroid dienone is 1. The highest BCUT2D eigenvalue weighted by atomic mass is 15.2. The van der Waals surface area contributed by atoms with E-state index < -0.39 is 0 Å². The van der Waals surface area contributed by atoms with Gasteiger partial charge in [-0.1, -0.05) is 161 Å². The lowest BCUT2D eigenvalue weighted by Crippen LogP contribution is -2.19. The first kappa shape index (κ1) is 31.9. The lowest BCUT2D eigenvalue weighted by molar-refractivity contribution is 0.660. The van der Waals surface area contributed by atoms with Crippen LogP contribution in [0.1, 0.15) is 55.6 Å². The van der Waals surface area contributed by atoms with Crippen molar-refractivity contribution in [1.29, 1.82) is 0 Å². The van der Waals surface area contributed by atoms with Crippen molar-refractivity contribution in [3.05, 3.63) is 186 Å². The van der Waals surface area contributed by atoms with Crippen LogP contribution in [-0.4, -0.2) is 14.5 Å². The second-order valence-corrected chi connectivity index (χ2v) is 16.2. The first-order chi connectivity index (χ1) is 26.8. The summed E-state index contributed by atoms with van der Waals surface area (Å²) in [5, 5.41) is 4.85. The summed E-state index contributed by atoms with van der Waals surface area (Å²) in [4.78, 5) is 11.0. The highest BCUT2D eigenvalue weighted by Gasteiger charge is 2.39. The van der Waals surface area contributed by atoms with E-state index in [0.29, 0.717) is 5.95 Å². The van der Waals surface area contributed by atoms with E-state index in [1.807, 2.05) is 0 Å². The summed E-state index contributed by atoms with van der Waals surface area (Å²) in [6.07, 6.45) is 2.29. The highest BCUT2D eigenvalue weighted by molar-refractivity contribution is 6.21. The van der Waals surface area contributed by atoms with Crippen molar-refractivity contribution in [2.24, 2.45) is 0 Å². The predicted octanol–water partition coefficient (Wildman–Crippen LogP) is 13.2. The maximum absolute atomic E-state index is 5.54. The number of hydrogen-bond donors (Lipinski definition) is 0. The van der Waals surface area contributed by atoms with Crippen molar-refractivity contribution in [3.8, 4) is 39.5 Å². The van der Waals surface area contributed by atoms with Gasteiger partial charge in [-0.25, -0.2) is 9.97 Å². The maximum atomic E-state index is 5.54. The van der Waals surface area contributed by atoms with Crippen LogP contribution >= 0.6 is 0 Å². The summed E-state index contributed by atoms with van der Waals surface area (Å²) in [5.41, 5.74) is 16.4. The fourth-order valence-electron chi connectivity index (χ4n) is 9.67. The molecule has 55 heavy (non-hydrogen) atoms. The maximum Gasteiger partial charge on any atom is 0.235 e. The van der Waals surface area contributed by atoms with Crippen LogP contribution in [0, 0.1) is 0 Å². The molecule has 2 aliphatic carbocycles. The molecule has 0 spiro atoms. The molecule has 11 rings (SSSR count). The Balaban J connectivity index is 1.17. The monoisotopic (exact) mass is 705 g/mol. The van der Waals surface area contributed by atoms with Crippen LogP contribution < -0.4 is 0 Å². The number of nitrogens with zero attached hydrogens (tertiary/aromatic N) is 3. The van der Waals surface area contributed by atoms with Gasteiger partial charge < -0.3 is 0 Å². The van der Waals surface area contributed by atoms with Crippen molar-refractivity contribution in [1.82, 2.24) is 14.5 Å². The Labute approximate surface area is 321 Å². The molecule has 0 atom stereocenters. The van der Waals surface area contributed by atoms with Gasteiger partial charge in [-0.3, -0.25) is 4.57 Å². The molecule has 2 heterocycles. The highest BCUT2D eigenvalue weighted by Crippen LogP contribution is 2.51. The SMILES string of the molecule is CC1(C)C(c2ccccc2)=Cc2nc(-n3c4ccc(-c5ccc6c(c5)C(C)(C)c5ccccc5-6)cc4c4c5ccccc5ccc43)nc(-c3ccccc3)c21. The van der Waals surface area contributed by atoms with E-state index >= 15 is 0 Å². The molecule has 0 saturated heterocycles. The van der Waals surface area contributed by atoms with Crippen molar-refractivity contribution >= 4 is 44.2 Å². The minimum Gasteiger partial charge on any atom is -0.278 e. The molecule has 0 radical (unpaired) electrons. The number of benzene rings is 7. The molecule has 262 valence electrons. The van der Waals surface area contributed by atoms with Crippen LogP contribution in [0.3, 0.4) is 0 Å². The van der Waals surface area contributed by atoms with E-state index in [9.17, 15) is 0 Å². The zero-order chi connectivity index (χ0) is 37.1. The average molecular weight is 706 g/mol. The largest absolute Gasteiger partial charge is 0.278 e. The van der Waals surface area contributed by atoms with E-state index in [0.717, 1.165) is 33.5 Å². The smallest absolute Gasteiger partial charge is 0.235 e. The van der Waals surface area contributed by atoms with Gasteiger partial charge in [0, 0.05) is 32.7 Å². The molecule has 2 aromatic heterocycles. The summed E-state index contributed by atoms with van der Waals surface area (Å²) in [6, 6.07) is 57.4. The van der Waals surface area contributed by atoms with E-state index in [1.165, 1.54) is 66.1 Å². The third-order valence-electron chi connectivity index (χ3n) is 12.4. The fraction of sp³-hybridized carbons (Fsp3) is 0.115. The number of fused-ring (bicyclic) bond motifs is 9. The number of rotatable bonds is 4. The Morgan fingerprint density at radius 2 is 1.13 bits per heavy atom. The minimum absolute atomic E-state index is 0.0664. The second-order valence-electron chi connectivity index (χ2n) is 16.2. The summed E-state index contributed by atoms with van der Waals surface area (Å²) in [7, 11) is 0. The molecule has 0 bridgehead atoms. The Morgan fingerprint density at radius 1 is 0.473 bits per heavy atom. The molecule has 0 fully saturated rings. The summed E-state index contributed by atoms with van der Waals surface area (Å²) < 4.78 is 2.29. The number of hydrogen-bond acceptors (Lipinski definition) is 2. The van der Waals surface area contributed by atoms with Crippen LogP contribution in [0.5, 0.6) is 0 Å². The van der Waals surface area contributed by atoms with Gasteiger partial charge in [-0.05, 0) is 85.6 Å². The topological polar surface area (TPSA) is 30.7 Å². The molecule has 0 amide bonds. The normalized spacial score (nSPS) is 14.9. The van der Waals surface area contributed by atoms with Crippen LogP contribution in [-0.2, 0) is 10.8 Å². The van der Waals surface area contributed by atoms with Crippen LogP contribution in [0.4, 0.5) is 0 Å². The van der Waals surface area contributed by atoms with Gasteiger partial charge in [0.15, 0.2) is 0 Å². The molecule has 0 N–H and O–H groups in total.